The van der Waals surface area contributed by atoms with E-state index in [1.54, 1.807) is 4.90 Å². The molecule has 1 N–H and O–H groups in total. The molecule has 0 radical (unpaired) electrons. The third kappa shape index (κ3) is 4.38. The maximum absolute atomic E-state index is 12.2. The number of ether oxygens (including phenoxy) is 2. The Balaban J connectivity index is 1.76. The number of amides is 2. The van der Waals surface area contributed by atoms with E-state index >= 15 is 0 Å². The molecule has 22 heavy (non-hydrogen) atoms. The number of benzene rings is 1. The van der Waals surface area contributed by atoms with Gasteiger partial charge in [0.15, 0.2) is 6.61 Å². The van der Waals surface area contributed by atoms with Crippen LogP contribution in [0.3, 0.4) is 0 Å². The number of hydrogen-bond acceptors (Lipinski definition) is 4. The van der Waals surface area contributed by atoms with Crippen LogP contribution in [-0.4, -0.2) is 49.7 Å². The van der Waals surface area contributed by atoms with Gasteiger partial charge in [-0.3, -0.25) is 4.79 Å². The second-order valence-electron chi connectivity index (χ2n) is 5.35. The number of alkyl carbamates (subject to hydrolysis) is 1. The van der Waals surface area contributed by atoms with Crippen molar-refractivity contribution in [2.45, 2.75) is 25.8 Å². The highest BCUT2D eigenvalue weighted by molar-refractivity contribution is 5.78. The Labute approximate surface area is 130 Å². The van der Waals surface area contributed by atoms with Crippen LogP contribution in [0.5, 0.6) is 5.75 Å². The zero-order valence-electron chi connectivity index (χ0n) is 13.0. The Morgan fingerprint density at radius 2 is 1.95 bits per heavy atom. The van der Waals surface area contributed by atoms with Crippen molar-refractivity contribution in [2.75, 3.05) is 26.8 Å². The number of methoxy groups -OCH3 is 1. The van der Waals surface area contributed by atoms with Gasteiger partial charge in [0.1, 0.15) is 5.75 Å². The number of carbonyl (C=O) groups excluding carboxylic acids is 2. The summed E-state index contributed by atoms with van der Waals surface area (Å²) >= 11 is 0. The SMILES string of the molecule is COC(=O)NC1CCN(C(=O)COc2ccccc2C)CC1. The Kier molecular flexibility index (Phi) is 5.63. The van der Waals surface area contributed by atoms with Crippen LogP contribution >= 0.6 is 0 Å². The summed E-state index contributed by atoms with van der Waals surface area (Å²) in [7, 11) is 1.34. The van der Waals surface area contributed by atoms with E-state index in [0.29, 0.717) is 13.1 Å². The zero-order chi connectivity index (χ0) is 15.9. The fourth-order valence-electron chi connectivity index (χ4n) is 2.45. The minimum atomic E-state index is -0.423. The summed E-state index contributed by atoms with van der Waals surface area (Å²) < 4.78 is 10.2. The summed E-state index contributed by atoms with van der Waals surface area (Å²) in [6.07, 6.45) is 1.03. The first-order valence-corrected chi connectivity index (χ1v) is 7.41. The summed E-state index contributed by atoms with van der Waals surface area (Å²) in [6.45, 7) is 3.22. The van der Waals surface area contributed by atoms with E-state index < -0.39 is 6.09 Å². The lowest BCUT2D eigenvalue weighted by molar-refractivity contribution is -0.134. The number of nitrogens with zero attached hydrogens (tertiary/aromatic N) is 1. The fourth-order valence-corrected chi connectivity index (χ4v) is 2.45. The third-order valence-electron chi connectivity index (χ3n) is 3.80. The quantitative estimate of drug-likeness (QED) is 0.919. The minimum absolute atomic E-state index is 0.0280. The summed E-state index contributed by atoms with van der Waals surface area (Å²) in [6, 6.07) is 7.69. The molecule has 0 unspecified atom stereocenters. The Bertz CT molecular complexity index is 525. The van der Waals surface area contributed by atoms with Crippen molar-refractivity contribution < 1.29 is 19.1 Å². The highest BCUT2D eigenvalue weighted by Gasteiger charge is 2.24. The van der Waals surface area contributed by atoms with Crippen molar-refractivity contribution >= 4 is 12.0 Å². The summed E-state index contributed by atoms with van der Waals surface area (Å²) in [5.74, 6) is 0.706. The van der Waals surface area contributed by atoms with E-state index in [-0.39, 0.29) is 18.6 Å². The molecule has 6 nitrogen and oxygen atoms in total. The van der Waals surface area contributed by atoms with E-state index in [2.05, 4.69) is 10.1 Å². The van der Waals surface area contributed by atoms with Gasteiger partial charge in [0.2, 0.25) is 0 Å². The Hall–Kier alpha value is -2.24. The molecule has 1 heterocycles. The maximum atomic E-state index is 12.2. The van der Waals surface area contributed by atoms with Crippen molar-refractivity contribution in [1.29, 1.82) is 0 Å². The first-order valence-electron chi connectivity index (χ1n) is 7.41. The first-order chi connectivity index (χ1) is 10.6. The second-order valence-corrected chi connectivity index (χ2v) is 5.35. The number of rotatable bonds is 4. The van der Waals surface area contributed by atoms with Crippen molar-refractivity contribution in [2.24, 2.45) is 0 Å². The van der Waals surface area contributed by atoms with Crippen LogP contribution in [0.25, 0.3) is 0 Å². The molecule has 2 amide bonds. The van der Waals surface area contributed by atoms with E-state index in [9.17, 15) is 9.59 Å². The number of aryl methyl sites for hydroxylation is 1. The number of piperidine rings is 1. The fraction of sp³-hybridized carbons (Fsp3) is 0.500. The molecule has 1 aromatic carbocycles. The van der Waals surface area contributed by atoms with Crippen molar-refractivity contribution in [3.05, 3.63) is 29.8 Å². The van der Waals surface area contributed by atoms with Gasteiger partial charge in [-0.15, -0.1) is 0 Å². The molecule has 2 rings (SSSR count). The van der Waals surface area contributed by atoms with E-state index in [4.69, 9.17) is 4.74 Å². The number of nitrogens with one attached hydrogen (secondary N) is 1. The largest absolute Gasteiger partial charge is 0.484 e. The minimum Gasteiger partial charge on any atom is -0.484 e. The molecule has 0 aromatic heterocycles. The van der Waals surface area contributed by atoms with Crippen molar-refractivity contribution in [3.63, 3.8) is 0 Å². The van der Waals surface area contributed by atoms with E-state index in [0.717, 1.165) is 24.2 Å². The van der Waals surface area contributed by atoms with Crippen LogP contribution in [0.15, 0.2) is 24.3 Å². The van der Waals surface area contributed by atoms with E-state index in [1.165, 1.54) is 7.11 Å². The smallest absolute Gasteiger partial charge is 0.407 e. The van der Waals surface area contributed by atoms with Crippen LogP contribution in [0.4, 0.5) is 4.79 Å². The lowest BCUT2D eigenvalue weighted by Gasteiger charge is -2.32. The van der Waals surface area contributed by atoms with Crippen molar-refractivity contribution in [3.8, 4) is 5.75 Å². The zero-order valence-corrected chi connectivity index (χ0v) is 13.0. The first kappa shape index (κ1) is 16.1. The molecule has 1 aliphatic rings. The molecule has 1 aliphatic heterocycles. The predicted octanol–water partition coefficient (Wildman–Crippen LogP) is 1.72. The van der Waals surface area contributed by atoms with Crippen LogP contribution < -0.4 is 10.1 Å². The summed E-state index contributed by atoms with van der Waals surface area (Å²) in [5, 5.41) is 2.76. The van der Waals surface area contributed by atoms with Gasteiger partial charge in [0.05, 0.1) is 7.11 Å². The van der Waals surface area contributed by atoms with Crippen LogP contribution in [-0.2, 0) is 9.53 Å². The third-order valence-corrected chi connectivity index (χ3v) is 3.80. The number of hydrogen-bond donors (Lipinski definition) is 1. The van der Waals surface area contributed by atoms with Crippen molar-refractivity contribution in [1.82, 2.24) is 10.2 Å². The standard InChI is InChI=1S/C16H22N2O4/c1-12-5-3-4-6-14(12)22-11-15(19)18-9-7-13(8-10-18)17-16(20)21-2/h3-6,13H,7-11H2,1-2H3,(H,17,20). The predicted molar refractivity (Wildman–Crippen MR) is 81.8 cm³/mol. The Morgan fingerprint density at radius 3 is 2.59 bits per heavy atom. The molecule has 1 aromatic rings. The van der Waals surface area contributed by atoms with Gasteiger partial charge < -0.3 is 19.7 Å². The van der Waals surface area contributed by atoms with Gasteiger partial charge in [0, 0.05) is 19.1 Å². The molecule has 0 bridgehead atoms. The monoisotopic (exact) mass is 306 g/mol. The van der Waals surface area contributed by atoms with Gasteiger partial charge in [0.25, 0.3) is 5.91 Å². The maximum Gasteiger partial charge on any atom is 0.407 e. The van der Waals surface area contributed by atoms with Gasteiger partial charge in [-0.2, -0.15) is 0 Å². The number of carbonyl (C=O) groups is 2. The van der Waals surface area contributed by atoms with Gasteiger partial charge in [-0.1, -0.05) is 18.2 Å². The summed E-state index contributed by atoms with van der Waals surface area (Å²) in [4.78, 5) is 25.1. The van der Waals surface area contributed by atoms with Gasteiger partial charge >= 0.3 is 6.09 Å². The molecule has 6 heteroatoms. The molecular formula is C16H22N2O4. The van der Waals surface area contributed by atoms with Crippen LogP contribution in [0.1, 0.15) is 18.4 Å². The van der Waals surface area contributed by atoms with Crippen LogP contribution in [0, 0.1) is 6.92 Å². The number of likely N-dealkylation sites (tertiary alicyclic amines) is 1. The molecule has 0 atom stereocenters. The van der Waals surface area contributed by atoms with Crippen LogP contribution in [0.2, 0.25) is 0 Å². The summed E-state index contributed by atoms with van der Waals surface area (Å²) in [5.41, 5.74) is 1.01. The molecule has 120 valence electrons. The van der Waals surface area contributed by atoms with Gasteiger partial charge in [-0.05, 0) is 31.4 Å². The molecule has 0 aliphatic carbocycles. The molecule has 0 saturated carbocycles. The number of para-hydroxylation sites is 1. The topological polar surface area (TPSA) is 67.9 Å². The average molecular weight is 306 g/mol. The molecular weight excluding hydrogens is 284 g/mol. The highest BCUT2D eigenvalue weighted by atomic mass is 16.5. The normalized spacial score (nSPS) is 15.3. The molecule has 1 fully saturated rings. The second kappa shape index (κ2) is 7.68. The lowest BCUT2D eigenvalue weighted by atomic mass is 10.1. The highest BCUT2D eigenvalue weighted by Crippen LogP contribution is 2.17. The lowest BCUT2D eigenvalue weighted by Crippen LogP contribution is -2.47. The average Bonchev–Trinajstić information content (AvgIpc) is 2.54. The van der Waals surface area contributed by atoms with Gasteiger partial charge in [-0.25, -0.2) is 4.79 Å². The Morgan fingerprint density at radius 1 is 1.27 bits per heavy atom. The van der Waals surface area contributed by atoms with E-state index in [1.807, 2.05) is 31.2 Å². The molecule has 1 saturated heterocycles. The molecule has 0 spiro atoms.